The zero-order valence-corrected chi connectivity index (χ0v) is 12.1. The molecule has 0 bridgehead atoms. The van der Waals surface area contributed by atoms with Gasteiger partial charge in [-0.2, -0.15) is 0 Å². The Morgan fingerprint density at radius 1 is 1.19 bits per heavy atom. The fraction of sp³-hybridized carbons (Fsp3) is 0.500. The molecule has 1 aromatic carbocycles. The molecule has 0 aromatic heterocycles. The number of ketones is 1. The summed E-state index contributed by atoms with van der Waals surface area (Å²) in [5, 5.41) is 0. The van der Waals surface area contributed by atoms with Gasteiger partial charge in [0, 0.05) is 25.9 Å². The van der Waals surface area contributed by atoms with Crippen molar-refractivity contribution in [1.82, 2.24) is 4.90 Å². The van der Waals surface area contributed by atoms with E-state index in [-0.39, 0.29) is 18.6 Å². The Bertz CT molecular complexity index is 547. The monoisotopic (exact) mass is 289 g/mol. The number of amides is 1. The van der Waals surface area contributed by atoms with E-state index in [0.717, 1.165) is 12.8 Å². The van der Waals surface area contributed by atoms with E-state index in [2.05, 4.69) is 0 Å². The number of carbonyl (C=O) groups is 2. The summed E-state index contributed by atoms with van der Waals surface area (Å²) in [6, 6.07) is 7.47. The number of benzene rings is 1. The molecule has 3 rings (SSSR count). The molecule has 1 atom stereocenters. The third kappa shape index (κ3) is 2.86. The molecular weight excluding hydrogens is 270 g/mol. The first-order valence-corrected chi connectivity index (χ1v) is 7.32. The van der Waals surface area contributed by atoms with E-state index in [4.69, 9.17) is 9.47 Å². The first-order chi connectivity index (χ1) is 10.1. The first-order valence-electron chi connectivity index (χ1n) is 7.32. The van der Waals surface area contributed by atoms with Crippen molar-refractivity contribution in [3.8, 4) is 11.5 Å². The number of rotatable bonds is 2. The molecule has 0 spiro atoms. The summed E-state index contributed by atoms with van der Waals surface area (Å²) >= 11 is 0. The van der Waals surface area contributed by atoms with Gasteiger partial charge in [0.1, 0.15) is 12.4 Å². The van der Waals surface area contributed by atoms with E-state index >= 15 is 0 Å². The van der Waals surface area contributed by atoms with Crippen molar-refractivity contribution in [2.24, 2.45) is 0 Å². The molecule has 1 aromatic rings. The van der Waals surface area contributed by atoms with E-state index in [1.165, 1.54) is 0 Å². The molecule has 1 amide bonds. The van der Waals surface area contributed by atoms with Crippen molar-refractivity contribution in [1.29, 1.82) is 0 Å². The van der Waals surface area contributed by atoms with Crippen LogP contribution < -0.4 is 9.47 Å². The van der Waals surface area contributed by atoms with Crippen molar-refractivity contribution in [3.05, 3.63) is 24.3 Å². The summed E-state index contributed by atoms with van der Waals surface area (Å²) in [7, 11) is 1.78. The second-order valence-electron chi connectivity index (χ2n) is 5.58. The third-order valence-corrected chi connectivity index (χ3v) is 4.19. The Balaban J connectivity index is 1.64. The molecule has 1 aliphatic heterocycles. The molecule has 0 N–H and O–H groups in total. The van der Waals surface area contributed by atoms with Gasteiger partial charge in [-0.15, -0.1) is 0 Å². The Hall–Kier alpha value is -2.04. The third-order valence-electron chi connectivity index (χ3n) is 4.19. The van der Waals surface area contributed by atoms with Gasteiger partial charge in [-0.05, 0) is 25.0 Å². The smallest absolute Gasteiger partial charge is 0.267 e. The fourth-order valence-electron chi connectivity index (χ4n) is 2.86. The zero-order chi connectivity index (χ0) is 14.8. The lowest BCUT2D eigenvalue weighted by Gasteiger charge is -2.34. The maximum atomic E-state index is 12.5. The van der Waals surface area contributed by atoms with Crippen LogP contribution in [0.1, 0.15) is 25.7 Å². The van der Waals surface area contributed by atoms with Gasteiger partial charge in [0.05, 0.1) is 0 Å². The lowest BCUT2D eigenvalue weighted by molar-refractivity contribution is -0.143. The lowest BCUT2D eigenvalue weighted by Crippen LogP contribution is -2.49. The lowest BCUT2D eigenvalue weighted by atomic mass is 9.93. The number of Topliss-reactive ketones (excluding diaryl/α,β-unsaturated/α-hetero) is 1. The Kier molecular flexibility index (Phi) is 3.82. The van der Waals surface area contributed by atoms with Crippen molar-refractivity contribution in [2.75, 3.05) is 13.7 Å². The minimum Gasteiger partial charge on any atom is -0.485 e. The molecule has 1 aliphatic carbocycles. The molecule has 2 aliphatic rings. The first kappa shape index (κ1) is 13.9. The maximum Gasteiger partial charge on any atom is 0.267 e. The van der Waals surface area contributed by atoms with Crippen LogP contribution in [0.2, 0.25) is 0 Å². The van der Waals surface area contributed by atoms with Gasteiger partial charge in [-0.1, -0.05) is 12.1 Å². The normalized spacial score (nSPS) is 22.0. The van der Waals surface area contributed by atoms with Gasteiger partial charge < -0.3 is 14.4 Å². The molecular formula is C16H19NO4. The Morgan fingerprint density at radius 2 is 1.86 bits per heavy atom. The van der Waals surface area contributed by atoms with E-state index < -0.39 is 6.10 Å². The van der Waals surface area contributed by atoms with E-state index in [9.17, 15) is 9.59 Å². The van der Waals surface area contributed by atoms with Gasteiger partial charge in [0.2, 0.25) is 6.10 Å². The molecule has 1 fully saturated rings. The minimum atomic E-state index is -0.609. The summed E-state index contributed by atoms with van der Waals surface area (Å²) in [6.07, 6.45) is 2.00. The van der Waals surface area contributed by atoms with Gasteiger partial charge >= 0.3 is 0 Å². The topological polar surface area (TPSA) is 55.8 Å². The van der Waals surface area contributed by atoms with Crippen LogP contribution in [-0.4, -0.2) is 42.4 Å². The number of fused-ring (bicyclic) bond motifs is 1. The average Bonchev–Trinajstić information content (AvgIpc) is 2.54. The number of carbonyl (C=O) groups excluding carboxylic acids is 2. The van der Waals surface area contributed by atoms with Crippen LogP contribution in [0.5, 0.6) is 11.5 Å². The minimum absolute atomic E-state index is 0.0798. The average molecular weight is 289 g/mol. The SMILES string of the molecule is CN(C(=O)C1COc2ccccc2O1)C1CCC(=O)CC1. The molecule has 0 saturated heterocycles. The second-order valence-corrected chi connectivity index (χ2v) is 5.58. The second kappa shape index (κ2) is 5.76. The number of para-hydroxylation sites is 2. The van der Waals surface area contributed by atoms with Gasteiger partial charge in [0.15, 0.2) is 11.5 Å². The predicted octanol–water partition coefficient (Wildman–Crippen LogP) is 1.80. The summed E-state index contributed by atoms with van der Waals surface area (Å²) in [6.45, 7) is 0.228. The number of hydrogen-bond acceptors (Lipinski definition) is 4. The molecule has 1 saturated carbocycles. The highest BCUT2D eigenvalue weighted by Crippen LogP contribution is 2.31. The molecule has 0 radical (unpaired) electrons. The van der Waals surface area contributed by atoms with Crippen molar-refractivity contribution < 1.29 is 19.1 Å². The molecule has 21 heavy (non-hydrogen) atoms. The number of likely N-dealkylation sites (N-methyl/N-ethyl adjacent to an activating group) is 1. The van der Waals surface area contributed by atoms with Crippen LogP contribution in [-0.2, 0) is 9.59 Å². The van der Waals surface area contributed by atoms with Crippen LogP contribution in [0, 0.1) is 0 Å². The highest BCUT2D eigenvalue weighted by Gasteiger charge is 2.33. The summed E-state index contributed by atoms with van der Waals surface area (Å²) in [5.41, 5.74) is 0. The summed E-state index contributed by atoms with van der Waals surface area (Å²) < 4.78 is 11.3. The van der Waals surface area contributed by atoms with Crippen LogP contribution in [0.25, 0.3) is 0 Å². The van der Waals surface area contributed by atoms with Crippen molar-refractivity contribution >= 4 is 11.7 Å². The molecule has 1 unspecified atom stereocenters. The van der Waals surface area contributed by atoms with Crippen LogP contribution in [0.3, 0.4) is 0 Å². The van der Waals surface area contributed by atoms with E-state index in [1.54, 1.807) is 18.0 Å². The van der Waals surface area contributed by atoms with Gasteiger partial charge in [0.25, 0.3) is 5.91 Å². The zero-order valence-electron chi connectivity index (χ0n) is 12.1. The van der Waals surface area contributed by atoms with E-state index in [1.807, 2.05) is 18.2 Å². The summed E-state index contributed by atoms with van der Waals surface area (Å²) in [5.74, 6) is 1.49. The Labute approximate surface area is 123 Å². The molecule has 1 heterocycles. The van der Waals surface area contributed by atoms with Crippen molar-refractivity contribution in [3.63, 3.8) is 0 Å². The van der Waals surface area contributed by atoms with Crippen molar-refractivity contribution in [2.45, 2.75) is 37.8 Å². The number of nitrogens with zero attached hydrogens (tertiary/aromatic N) is 1. The Morgan fingerprint density at radius 3 is 2.57 bits per heavy atom. The summed E-state index contributed by atoms with van der Waals surface area (Å²) in [4.78, 5) is 25.5. The van der Waals surface area contributed by atoms with Gasteiger partial charge in [-0.25, -0.2) is 0 Å². The number of ether oxygens (including phenoxy) is 2. The van der Waals surface area contributed by atoms with Crippen LogP contribution in [0.4, 0.5) is 0 Å². The van der Waals surface area contributed by atoms with Crippen LogP contribution in [0.15, 0.2) is 24.3 Å². The number of hydrogen-bond donors (Lipinski definition) is 0. The molecule has 5 nitrogen and oxygen atoms in total. The molecule has 5 heteroatoms. The van der Waals surface area contributed by atoms with E-state index in [0.29, 0.717) is 30.1 Å². The predicted molar refractivity (Wildman–Crippen MR) is 76.4 cm³/mol. The van der Waals surface area contributed by atoms with Crippen LogP contribution >= 0.6 is 0 Å². The molecule has 112 valence electrons. The highest BCUT2D eigenvalue weighted by molar-refractivity contribution is 5.83. The standard InChI is InChI=1S/C16H19NO4/c1-17(11-6-8-12(18)9-7-11)16(19)15-10-20-13-4-2-3-5-14(13)21-15/h2-5,11,15H,6-10H2,1H3. The highest BCUT2D eigenvalue weighted by atomic mass is 16.6. The largest absolute Gasteiger partial charge is 0.485 e. The maximum absolute atomic E-state index is 12.5. The quantitative estimate of drug-likeness (QED) is 0.833. The fourth-order valence-corrected chi connectivity index (χ4v) is 2.86. The van der Waals surface area contributed by atoms with Gasteiger partial charge in [-0.3, -0.25) is 9.59 Å².